The molecule has 0 aromatic carbocycles. The molecule has 7 nitrogen and oxygen atoms in total. The summed E-state index contributed by atoms with van der Waals surface area (Å²) in [5, 5.41) is 11.0. The number of rotatable bonds is 2. The molecule has 0 saturated carbocycles. The highest BCUT2D eigenvalue weighted by Gasteiger charge is 2.34. The highest BCUT2D eigenvalue weighted by atomic mass is 16.5. The zero-order valence-corrected chi connectivity index (χ0v) is 11.9. The van der Waals surface area contributed by atoms with Crippen LogP contribution in [0.2, 0.25) is 0 Å². The molecule has 2 aliphatic rings. The van der Waals surface area contributed by atoms with Crippen LogP contribution in [0.4, 0.5) is 0 Å². The predicted octanol–water partition coefficient (Wildman–Crippen LogP) is 1.22. The number of amides is 1. The molecule has 1 N–H and O–H groups in total. The first-order valence-corrected chi connectivity index (χ1v) is 7.38. The number of nitrogens with one attached hydrogen (secondary N) is 1. The quantitative estimate of drug-likeness (QED) is 0.897. The van der Waals surface area contributed by atoms with Crippen molar-refractivity contribution in [3.05, 3.63) is 28.7 Å². The fourth-order valence-electron chi connectivity index (χ4n) is 3.27. The maximum atomic E-state index is 12.6. The van der Waals surface area contributed by atoms with E-state index in [1.54, 1.807) is 6.92 Å². The molecule has 1 aliphatic carbocycles. The van der Waals surface area contributed by atoms with Crippen molar-refractivity contribution in [3.63, 3.8) is 0 Å². The lowest BCUT2D eigenvalue weighted by Crippen LogP contribution is -2.29. The summed E-state index contributed by atoms with van der Waals surface area (Å²) in [5.41, 5.74) is 2.84. The molecule has 7 heteroatoms. The molecule has 2 aromatic rings. The van der Waals surface area contributed by atoms with Gasteiger partial charge in [0.2, 0.25) is 5.89 Å². The highest BCUT2D eigenvalue weighted by molar-refractivity contribution is 5.94. The highest BCUT2D eigenvalue weighted by Crippen LogP contribution is 2.29. The van der Waals surface area contributed by atoms with Crippen molar-refractivity contribution in [3.8, 4) is 0 Å². The maximum absolute atomic E-state index is 12.6. The molecular weight excluding hydrogens is 270 g/mol. The first-order chi connectivity index (χ1) is 10.2. The lowest BCUT2D eigenvalue weighted by atomic mass is 10.1. The summed E-state index contributed by atoms with van der Waals surface area (Å²) in [5.74, 6) is 1.44. The molecule has 0 radical (unpaired) electrons. The molecule has 0 spiro atoms. The Balaban J connectivity index is 1.51. The van der Waals surface area contributed by atoms with Crippen LogP contribution in [0.25, 0.3) is 0 Å². The van der Waals surface area contributed by atoms with Gasteiger partial charge in [-0.3, -0.25) is 9.89 Å². The molecule has 110 valence electrons. The summed E-state index contributed by atoms with van der Waals surface area (Å²) in [6, 6.07) is 0. The molecule has 1 aliphatic heterocycles. The smallest absolute Gasteiger partial charge is 0.274 e. The number of nitrogens with zero attached hydrogens (tertiary/aromatic N) is 4. The monoisotopic (exact) mass is 287 g/mol. The molecule has 1 saturated heterocycles. The van der Waals surface area contributed by atoms with Crippen LogP contribution in [0.3, 0.4) is 0 Å². The number of hydrogen-bond donors (Lipinski definition) is 1. The van der Waals surface area contributed by atoms with E-state index in [0.29, 0.717) is 30.5 Å². The number of likely N-dealkylation sites (tertiary alicyclic amines) is 1. The Bertz CT molecular complexity index is 689. The molecule has 0 unspecified atom stereocenters. The van der Waals surface area contributed by atoms with E-state index in [0.717, 1.165) is 36.9 Å². The lowest BCUT2D eigenvalue weighted by Gasteiger charge is -2.14. The number of carbonyl (C=O) groups is 1. The number of aromatic amines is 1. The second kappa shape index (κ2) is 4.68. The van der Waals surface area contributed by atoms with Crippen molar-refractivity contribution >= 4 is 5.91 Å². The van der Waals surface area contributed by atoms with E-state index in [9.17, 15) is 4.79 Å². The van der Waals surface area contributed by atoms with Gasteiger partial charge in [0.15, 0.2) is 11.5 Å². The number of aryl methyl sites for hydroxylation is 2. The van der Waals surface area contributed by atoms with Gasteiger partial charge in [-0.15, -0.1) is 0 Å². The molecular formula is C14H17N5O2. The largest absolute Gasteiger partial charge is 0.339 e. The Morgan fingerprint density at radius 2 is 2.33 bits per heavy atom. The standard InChI is InChI=1S/C14H17N5O2/c1-8-15-13(21-18-8)9-5-6-19(7-9)14(20)12-10-3-2-4-11(10)16-17-12/h9H,2-7H2,1H3,(H,16,17)/t9-/m0/s1. The summed E-state index contributed by atoms with van der Waals surface area (Å²) in [7, 11) is 0. The van der Waals surface area contributed by atoms with Crippen LogP contribution in [-0.2, 0) is 12.8 Å². The zero-order chi connectivity index (χ0) is 14.4. The van der Waals surface area contributed by atoms with Crippen molar-refractivity contribution in [1.29, 1.82) is 0 Å². The lowest BCUT2D eigenvalue weighted by molar-refractivity contribution is 0.0782. The number of hydrogen-bond acceptors (Lipinski definition) is 5. The number of aromatic nitrogens is 4. The van der Waals surface area contributed by atoms with E-state index >= 15 is 0 Å². The van der Waals surface area contributed by atoms with E-state index < -0.39 is 0 Å². The van der Waals surface area contributed by atoms with Gasteiger partial charge in [0.25, 0.3) is 5.91 Å². The Kier molecular flexibility index (Phi) is 2.80. The van der Waals surface area contributed by atoms with Gasteiger partial charge in [-0.2, -0.15) is 10.1 Å². The van der Waals surface area contributed by atoms with Crippen molar-refractivity contribution in [2.45, 2.75) is 38.5 Å². The fourth-order valence-corrected chi connectivity index (χ4v) is 3.27. The Morgan fingerprint density at radius 3 is 3.14 bits per heavy atom. The average Bonchev–Trinajstić information content (AvgIpc) is 3.21. The van der Waals surface area contributed by atoms with Crippen molar-refractivity contribution in [1.82, 2.24) is 25.2 Å². The van der Waals surface area contributed by atoms with Gasteiger partial charge in [-0.25, -0.2) is 0 Å². The zero-order valence-electron chi connectivity index (χ0n) is 11.9. The fraction of sp³-hybridized carbons (Fsp3) is 0.571. The van der Waals surface area contributed by atoms with E-state index in [1.807, 2.05) is 4.90 Å². The molecule has 1 amide bonds. The summed E-state index contributed by atoms with van der Waals surface area (Å²) in [6.45, 7) is 3.15. The third kappa shape index (κ3) is 2.03. The van der Waals surface area contributed by atoms with Crippen LogP contribution < -0.4 is 0 Å². The normalized spacial score (nSPS) is 21.0. The van der Waals surface area contributed by atoms with Crippen LogP contribution >= 0.6 is 0 Å². The summed E-state index contributed by atoms with van der Waals surface area (Å²) < 4.78 is 5.22. The number of carbonyl (C=O) groups excluding carboxylic acids is 1. The minimum atomic E-state index is 0.0214. The maximum Gasteiger partial charge on any atom is 0.274 e. The van der Waals surface area contributed by atoms with Crippen LogP contribution in [0, 0.1) is 6.92 Å². The van der Waals surface area contributed by atoms with Crippen molar-refractivity contribution < 1.29 is 9.32 Å². The van der Waals surface area contributed by atoms with Crippen molar-refractivity contribution in [2.75, 3.05) is 13.1 Å². The topological polar surface area (TPSA) is 87.9 Å². The Morgan fingerprint density at radius 1 is 1.43 bits per heavy atom. The van der Waals surface area contributed by atoms with E-state index in [4.69, 9.17) is 4.52 Å². The van der Waals surface area contributed by atoms with Crippen LogP contribution in [0.5, 0.6) is 0 Å². The Hall–Kier alpha value is -2.18. The van der Waals surface area contributed by atoms with E-state index in [1.165, 1.54) is 0 Å². The third-order valence-corrected chi connectivity index (χ3v) is 4.38. The molecule has 1 fully saturated rings. The van der Waals surface area contributed by atoms with Gasteiger partial charge < -0.3 is 9.42 Å². The van der Waals surface area contributed by atoms with E-state index in [-0.39, 0.29) is 11.8 Å². The van der Waals surface area contributed by atoms with E-state index in [2.05, 4.69) is 20.3 Å². The van der Waals surface area contributed by atoms with Gasteiger partial charge in [0.05, 0.1) is 5.92 Å². The predicted molar refractivity (Wildman–Crippen MR) is 72.9 cm³/mol. The average molecular weight is 287 g/mol. The van der Waals surface area contributed by atoms with Gasteiger partial charge in [0, 0.05) is 24.3 Å². The number of fused-ring (bicyclic) bond motifs is 1. The molecule has 1 atom stereocenters. The SMILES string of the molecule is Cc1noc([C@H]2CCN(C(=O)c3n[nH]c4c3CCC4)C2)n1. The molecule has 0 bridgehead atoms. The molecule has 3 heterocycles. The first kappa shape index (κ1) is 12.6. The summed E-state index contributed by atoms with van der Waals surface area (Å²) in [4.78, 5) is 18.7. The second-order valence-electron chi connectivity index (χ2n) is 5.80. The minimum Gasteiger partial charge on any atom is -0.339 e. The molecule has 21 heavy (non-hydrogen) atoms. The third-order valence-electron chi connectivity index (χ3n) is 4.38. The van der Waals surface area contributed by atoms with Crippen LogP contribution in [0.1, 0.15) is 52.2 Å². The van der Waals surface area contributed by atoms with Crippen molar-refractivity contribution in [2.24, 2.45) is 0 Å². The van der Waals surface area contributed by atoms with Crippen LogP contribution in [-0.4, -0.2) is 44.2 Å². The first-order valence-electron chi connectivity index (χ1n) is 7.38. The van der Waals surface area contributed by atoms with Gasteiger partial charge in [0.1, 0.15) is 0 Å². The second-order valence-corrected chi connectivity index (χ2v) is 5.80. The summed E-state index contributed by atoms with van der Waals surface area (Å²) in [6.07, 6.45) is 3.92. The Labute approximate surface area is 121 Å². The van der Waals surface area contributed by atoms with Crippen LogP contribution in [0.15, 0.2) is 4.52 Å². The molecule has 4 rings (SSSR count). The van der Waals surface area contributed by atoms with Gasteiger partial charge >= 0.3 is 0 Å². The number of H-pyrrole nitrogens is 1. The van der Waals surface area contributed by atoms with Gasteiger partial charge in [-0.05, 0) is 32.6 Å². The summed E-state index contributed by atoms with van der Waals surface area (Å²) >= 11 is 0. The van der Waals surface area contributed by atoms with Gasteiger partial charge in [-0.1, -0.05) is 5.16 Å². The molecule has 2 aromatic heterocycles. The minimum absolute atomic E-state index is 0.0214.